The highest BCUT2D eigenvalue weighted by Gasteiger charge is 2.32. The third kappa shape index (κ3) is 2.70. The fraction of sp³-hybridized carbons (Fsp3) is 0.500. The summed E-state index contributed by atoms with van der Waals surface area (Å²) < 4.78 is 5.24. The van der Waals surface area contributed by atoms with Crippen molar-refractivity contribution in [1.29, 1.82) is 0 Å². The molecule has 0 aromatic carbocycles. The normalized spacial score (nSPS) is 25.5. The van der Waals surface area contributed by atoms with E-state index < -0.39 is 11.9 Å². The third-order valence-corrected chi connectivity index (χ3v) is 3.19. The lowest BCUT2D eigenvalue weighted by Gasteiger charge is -2.25. The Morgan fingerprint density at radius 3 is 3.06 bits per heavy atom. The molecule has 1 aromatic rings. The number of nitrogens with zero attached hydrogens (tertiary/aromatic N) is 1. The highest BCUT2D eigenvalue weighted by atomic mass is 16.4. The van der Waals surface area contributed by atoms with E-state index in [-0.39, 0.29) is 18.5 Å². The van der Waals surface area contributed by atoms with E-state index in [1.807, 2.05) is 11.0 Å². The van der Waals surface area contributed by atoms with Crippen LogP contribution in [0.5, 0.6) is 0 Å². The summed E-state index contributed by atoms with van der Waals surface area (Å²) in [7, 11) is 0. The number of furan rings is 1. The smallest absolute Gasteiger partial charge is 0.309 e. The van der Waals surface area contributed by atoms with E-state index in [0.717, 1.165) is 5.76 Å². The quantitative estimate of drug-likeness (QED) is 0.808. The summed E-state index contributed by atoms with van der Waals surface area (Å²) >= 11 is 0. The van der Waals surface area contributed by atoms with E-state index in [1.54, 1.807) is 19.3 Å². The first-order chi connectivity index (χ1) is 8.58. The van der Waals surface area contributed by atoms with E-state index in [2.05, 4.69) is 5.32 Å². The first kappa shape index (κ1) is 12.6. The van der Waals surface area contributed by atoms with E-state index in [9.17, 15) is 9.59 Å². The molecule has 2 N–H and O–H groups in total. The van der Waals surface area contributed by atoms with Crippen LogP contribution in [0, 0.1) is 5.92 Å². The van der Waals surface area contributed by atoms with Crippen molar-refractivity contribution in [3.8, 4) is 0 Å². The molecule has 2 heterocycles. The van der Waals surface area contributed by atoms with Crippen LogP contribution in [0.1, 0.15) is 12.7 Å². The maximum atomic E-state index is 11.7. The number of carbonyl (C=O) groups is 2. The Morgan fingerprint density at radius 2 is 2.44 bits per heavy atom. The average Bonchev–Trinajstić information content (AvgIpc) is 2.79. The van der Waals surface area contributed by atoms with Gasteiger partial charge >= 0.3 is 5.97 Å². The van der Waals surface area contributed by atoms with Gasteiger partial charge in [0, 0.05) is 13.1 Å². The van der Waals surface area contributed by atoms with Gasteiger partial charge in [0.25, 0.3) is 0 Å². The lowest BCUT2D eigenvalue weighted by Crippen LogP contribution is -2.41. The second-order valence-electron chi connectivity index (χ2n) is 4.47. The Balaban J connectivity index is 2.13. The van der Waals surface area contributed by atoms with E-state index in [1.165, 1.54) is 0 Å². The van der Waals surface area contributed by atoms with Gasteiger partial charge in [0.1, 0.15) is 5.76 Å². The van der Waals surface area contributed by atoms with Gasteiger partial charge in [-0.25, -0.2) is 0 Å². The fourth-order valence-corrected chi connectivity index (χ4v) is 2.01. The highest BCUT2D eigenvalue weighted by molar-refractivity contribution is 5.82. The van der Waals surface area contributed by atoms with Gasteiger partial charge in [-0.2, -0.15) is 0 Å². The summed E-state index contributed by atoms with van der Waals surface area (Å²) in [5.74, 6) is -0.909. The molecule has 1 saturated heterocycles. The molecular formula is C12H16N2O4. The summed E-state index contributed by atoms with van der Waals surface area (Å²) in [6.45, 7) is 2.71. The minimum atomic E-state index is -0.895. The number of carbonyl (C=O) groups excluding carboxylic acids is 1. The molecule has 2 rings (SSSR count). The topological polar surface area (TPSA) is 82.8 Å². The van der Waals surface area contributed by atoms with Crippen LogP contribution in [0.15, 0.2) is 22.8 Å². The van der Waals surface area contributed by atoms with Gasteiger partial charge in [-0.1, -0.05) is 0 Å². The van der Waals surface area contributed by atoms with Crippen molar-refractivity contribution in [3.05, 3.63) is 24.2 Å². The number of hydrogen-bond donors (Lipinski definition) is 2. The van der Waals surface area contributed by atoms with Crippen LogP contribution < -0.4 is 5.32 Å². The molecule has 18 heavy (non-hydrogen) atoms. The van der Waals surface area contributed by atoms with Gasteiger partial charge in [0.05, 0.1) is 24.8 Å². The van der Waals surface area contributed by atoms with Gasteiger partial charge in [0.2, 0.25) is 5.91 Å². The predicted molar refractivity (Wildman–Crippen MR) is 62.7 cm³/mol. The SMILES string of the molecule is CC1C(=O)NCC(C(=O)O)CN1Cc1ccco1. The predicted octanol–water partition coefficient (Wildman–Crippen LogP) is 0.301. The molecule has 6 nitrogen and oxygen atoms in total. The molecule has 0 aliphatic carbocycles. The molecule has 0 radical (unpaired) electrons. The Hall–Kier alpha value is -1.82. The van der Waals surface area contributed by atoms with Gasteiger partial charge in [-0.05, 0) is 19.1 Å². The zero-order valence-electron chi connectivity index (χ0n) is 10.1. The minimum Gasteiger partial charge on any atom is -0.481 e. The van der Waals surface area contributed by atoms with Gasteiger partial charge < -0.3 is 14.8 Å². The molecule has 1 aromatic heterocycles. The highest BCUT2D eigenvalue weighted by Crippen LogP contribution is 2.14. The average molecular weight is 252 g/mol. The van der Waals surface area contributed by atoms with Crippen molar-refractivity contribution in [2.45, 2.75) is 19.5 Å². The molecule has 1 aliphatic heterocycles. The Morgan fingerprint density at radius 1 is 1.67 bits per heavy atom. The van der Waals surface area contributed by atoms with Crippen molar-refractivity contribution >= 4 is 11.9 Å². The number of aliphatic carboxylic acids is 1. The van der Waals surface area contributed by atoms with Gasteiger partial charge in [-0.15, -0.1) is 0 Å². The molecule has 0 spiro atoms. The van der Waals surface area contributed by atoms with Crippen LogP contribution in [0.4, 0.5) is 0 Å². The standard InChI is InChI=1S/C12H16N2O4/c1-8-11(15)13-5-9(12(16)17)6-14(8)7-10-3-2-4-18-10/h2-4,8-9H,5-7H2,1H3,(H,13,15)(H,16,17). The molecule has 6 heteroatoms. The Bertz CT molecular complexity index is 429. The number of hydrogen-bond acceptors (Lipinski definition) is 4. The van der Waals surface area contributed by atoms with Gasteiger partial charge in [-0.3, -0.25) is 14.5 Å². The summed E-state index contributed by atoms with van der Waals surface area (Å²) in [6, 6.07) is 3.22. The van der Waals surface area contributed by atoms with Gasteiger partial charge in [0.15, 0.2) is 0 Å². The minimum absolute atomic E-state index is 0.148. The van der Waals surface area contributed by atoms with Crippen molar-refractivity contribution < 1.29 is 19.1 Å². The number of rotatable bonds is 3. The first-order valence-electron chi connectivity index (χ1n) is 5.85. The molecular weight excluding hydrogens is 236 g/mol. The molecule has 1 fully saturated rings. The lowest BCUT2D eigenvalue weighted by molar-refractivity contribution is -0.142. The lowest BCUT2D eigenvalue weighted by atomic mass is 10.1. The summed E-state index contributed by atoms with van der Waals surface area (Å²) in [4.78, 5) is 24.6. The van der Waals surface area contributed by atoms with Crippen LogP contribution in [0.25, 0.3) is 0 Å². The van der Waals surface area contributed by atoms with Crippen LogP contribution in [0.2, 0.25) is 0 Å². The zero-order valence-corrected chi connectivity index (χ0v) is 10.1. The Kier molecular flexibility index (Phi) is 3.66. The van der Waals surface area contributed by atoms with Crippen molar-refractivity contribution in [2.75, 3.05) is 13.1 Å². The molecule has 0 saturated carbocycles. The second-order valence-corrected chi connectivity index (χ2v) is 4.47. The largest absolute Gasteiger partial charge is 0.481 e. The Labute approximate surface area is 105 Å². The maximum absolute atomic E-state index is 11.7. The van der Waals surface area contributed by atoms with Crippen molar-refractivity contribution in [1.82, 2.24) is 10.2 Å². The van der Waals surface area contributed by atoms with E-state index in [0.29, 0.717) is 13.1 Å². The van der Waals surface area contributed by atoms with Crippen LogP contribution in [-0.4, -0.2) is 41.0 Å². The monoisotopic (exact) mass is 252 g/mol. The van der Waals surface area contributed by atoms with E-state index in [4.69, 9.17) is 9.52 Å². The van der Waals surface area contributed by atoms with E-state index >= 15 is 0 Å². The second kappa shape index (κ2) is 5.22. The number of amides is 1. The number of carboxylic acids is 1. The summed E-state index contributed by atoms with van der Waals surface area (Å²) in [6.07, 6.45) is 1.56. The summed E-state index contributed by atoms with van der Waals surface area (Å²) in [5, 5.41) is 11.7. The molecule has 1 aliphatic rings. The summed E-state index contributed by atoms with van der Waals surface area (Å²) in [5.41, 5.74) is 0. The molecule has 2 unspecified atom stereocenters. The zero-order chi connectivity index (χ0) is 13.1. The van der Waals surface area contributed by atoms with Crippen LogP contribution >= 0.6 is 0 Å². The molecule has 0 bridgehead atoms. The first-order valence-corrected chi connectivity index (χ1v) is 5.85. The van der Waals surface area contributed by atoms with Crippen LogP contribution in [-0.2, 0) is 16.1 Å². The van der Waals surface area contributed by atoms with Crippen molar-refractivity contribution in [2.24, 2.45) is 5.92 Å². The fourth-order valence-electron chi connectivity index (χ4n) is 2.01. The number of nitrogens with one attached hydrogen (secondary N) is 1. The number of carboxylic acid groups (broad SMARTS) is 1. The van der Waals surface area contributed by atoms with Crippen molar-refractivity contribution in [3.63, 3.8) is 0 Å². The van der Waals surface area contributed by atoms with Crippen LogP contribution in [0.3, 0.4) is 0 Å². The third-order valence-electron chi connectivity index (χ3n) is 3.19. The molecule has 98 valence electrons. The maximum Gasteiger partial charge on any atom is 0.309 e. The molecule has 2 atom stereocenters. The molecule has 1 amide bonds.